The van der Waals surface area contributed by atoms with Crippen LogP contribution in [0.5, 0.6) is 5.75 Å². The molecule has 0 spiro atoms. The standard InChI is InChI=1S/C14H20O6S/c1-14(2,13(15)16)20-12-8-6-11(7-9-12)5-4-10-19-21(3,17)18/h6-9H,4-5,10H2,1-3H3,(H,15,16). The lowest BCUT2D eigenvalue weighted by molar-refractivity contribution is -0.152. The number of hydrogen-bond donors (Lipinski definition) is 1. The summed E-state index contributed by atoms with van der Waals surface area (Å²) in [6.45, 7) is 3.10. The molecule has 1 aromatic carbocycles. The SMILES string of the molecule is CC(C)(Oc1ccc(CCCOS(C)(=O)=O)cc1)C(=O)O. The Balaban J connectivity index is 2.49. The summed E-state index contributed by atoms with van der Waals surface area (Å²) in [7, 11) is -3.39. The third-order valence-corrected chi connectivity index (χ3v) is 3.31. The van der Waals surface area contributed by atoms with Gasteiger partial charge in [-0.2, -0.15) is 8.42 Å². The molecule has 7 heteroatoms. The van der Waals surface area contributed by atoms with Crippen molar-refractivity contribution in [2.45, 2.75) is 32.3 Å². The summed E-state index contributed by atoms with van der Waals surface area (Å²) in [5.74, 6) is -0.567. The van der Waals surface area contributed by atoms with Crippen molar-refractivity contribution in [3.8, 4) is 5.75 Å². The zero-order valence-electron chi connectivity index (χ0n) is 12.3. The second kappa shape index (κ2) is 6.91. The molecule has 0 saturated carbocycles. The highest BCUT2D eigenvalue weighted by molar-refractivity contribution is 7.85. The molecule has 0 amide bonds. The van der Waals surface area contributed by atoms with E-state index in [0.29, 0.717) is 18.6 Å². The lowest BCUT2D eigenvalue weighted by Gasteiger charge is -2.21. The van der Waals surface area contributed by atoms with E-state index >= 15 is 0 Å². The van der Waals surface area contributed by atoms with Crippen LogP contribution >= 0.6 is 0 Å². The van der Waals surface area contributed by atoms with Gasteiger partial charge in [-0.15, -0.1) is 0 Å². The number of benzene rings is 1. The molecule has 6 nitrogen and oxygen atoms in total. The maximum atomic E-state index is 11.0. The molecule has 0 aromatic heterocycles. The Kier molecular flexibility index (Phi) is 5.74. The molecule has 0 unspecified atom stereocenters. The van der Waals surface area contributed by atoms with Crippen LogP contribution in [0.3, 0.4) is 0 Å². The molecular weight excluding hydrogens is 296 g/mol. The van der Waals surface area contributed by atoms with Crippen LogP contribution in [-0.2, 0) is 25.5 Å². The van der Waals surface area contributed by atoms with Crippen LogP contribution in [0.1, 0.15) is 25.8 Å². The van der Waals surface area contributed by atoms with Crippen molar-refractivity contribution >= 4 is 16.1 Å². The Morgan fingerprint density at radius 2 is 1.81 bits per heavy atom. The van der Waals surface area contributed by atoms with Gasteiger partial charge >= 0.3 is 5.97 Å². The van der Waals surface area contributed by atoms with Crippen LogP contribution < -0.4 is 4.74 Å². The minimum atomic E-state index is -3.39. The Morgan fingerprint density at radius 1 is 1.24 bits per heavy atom. The molecule has 1 rings (SSSR count). The summed E-state index contributed by atoms with van der Waals surface area (Å²) < 4.78 is 31.6. The summed E-state index contributed by atoms with van der Waals surface area (Å²) >= 11 is 0. The average Bonchev–Trinajstić information content (AvgIpc) is 2.35. The Bertz CT molecular complexity index is 574. The van der Waals surface area contributed by atoms with E-state index in [1.165, 1.54) is 13.8 Å². The maximum Gasteiger partial charge on any atom is 0.347 e. The van der Waals surface area contributed by atoms with Crippen molar-refractivity contribution in [3.05, 3.63) is 29.8 Å². The predicted octanol–water partition coefficient (Wildman–Crippen LogP) is 1.84. The van der Waals surface area contributed by atoms with E-state index in [2.05, 4.69) is 4.18 Å². The second-order valence-corrected chi connectivity index (χ2v) is 6.84. The largest absolute Gasteiger partial charge is 0.478 e. The Labute approximate surface area is 124 Å². The van der Waals surface area contributed by atoms with E-state index in [1.54, 1.807) is 12.1 Å². The quantitative estimate of drug-likeness (QED) is 0.581. The molecule has 0 fully saturated rings. The molecule has 0 heterocycles. The minimum Gasteiger partial charge on any atom is -0.478 e. The first-order valence-corrected chi connectivity index (χ1v) is 8.27. The fourth-order valence-corrected chi connectivity index (χ4v) is 1.97. The van der Waals surface area contributed by atoms with Gasteiger partial charge in [0.05, 0.1) is 12.9 Å². The number of carboxylic acids is 1. The number of hydrogen-bond acceptors (Lipinski definition) is 5. The molecule has 0 aliphatic carbocycles. The van der Waals surface area contributed by atoms with Crippen LogP contribution in [0.2, 0.25) is 0 Å². The number of ether oxygens (including phenoxy) is 1. The molecule has 1 N–H and O–H groups in total. The fourth-order valence-electron chi connectivity index (χ4n) is 1.55. The predicted molar refractivity (Wildman–Crippen MR) is 77.9 cm³/mol. The van der Waals surface area contributed by atoms with Crippen molar-refractivity contribution < 1.29 is 27.2 Å². The highest BCUT2D eigenvalue weighted by atomic mass is 32.2. The first-order chi connectivity index (χ1) is 9.60. The van der Waals surface area contributed by atoms with Crippen molar-refractivity contribution in [1.82, 2.24) is 0 Å². The molecule has 21 heavy (non-hydrogen) atoms. The van der Waals surface area contributed by atoms with Crippen LogP contribution in [0.4, 0.5) is 0 Å². The summed E-state index contributed by atoms with van der Waals surface area (Å²) in [6.07, 6.45) is 2.26. The van der Waals surface area contributed by atoms with Crippen molar-refractivity contribution in [2.75, 3.05) is 12.9 Å². The van der Waals surface area contributed by atoms with Gasteiger partial charge in [0.2, 0.25) is 0 Å². The topological polar surface area (TPSA) is 89.9 Å². The average molecular weight is 316 g/mol. The fraction of sp³-hybridized carbons (Fsp3) is 0.500. The van der Waals surface area contributed by atoms with Crippen LogP contribution in [-0.4, -0.2) is 38.0 Å². The molecule has 118 valence electrons. The van der Waals surface area contributed by atoms with Gasteiger partial charge in [0.1, 0.15) is 5.75 Å². The van der Waals surface area contributed by atoms with Crippen molar-refractivity contribution in [3.63, 3.8) is 0 Å². The molecule has 1 aromatic rings. The molecule has 0 radical (unpaired) electrons. The van der Waals surface area contributed by atoms with Crippen molar-refractivity contribution in [1.29, 1.82) is 0 Å². The molecule has 0 aliphatic rings. The van der Waals surface area contributed by atoms with E-state index in [4.69, 9.17) is 9.84 Å². The van der Waals surface area contributed by atoms with E-state index in [9.17, 15) is 13.2 Å². The summed E-state index contributed by atoms with van der Waals surface area (Å²) in [6, 6.07) is 7.01. The zero-order chi connectivity index (χ0) is 16.1. The zero-order valence-corrected chi connectivity index (χ0v) is 13.1. The third-order valence-electron chi connectivity index (χ3n) is 2.72. The molecule has 0 aliphatic heterocycles. The van der Waals surface area contributed by atoms with Gasteiger partial charge in [-0.3, -0.25) is 4.18 Å². The number of carbonyl (C=O) groups is 1. The normalized spacial score (nSPS) is 12.1. The lowest BCUT2D eigenvalue weighted by atomic mass is 10.1. The molecular formula is C14H20O6S. The van der Waals surface area contributed by atoms with Crippen LogP contribution in [0.25, 0.3) is 0 Å². The van der Waals surface area contributed by atoms with E-state index < -0.39 is 21.7 Å². The monoisotopic (exact) mass is 316 g/mol. The van der Waals surface area contributed by atoms with Gasteiger partial charge in [-0.05, 0) is 44.4 Å². The van der Waals surface area contributed by atoms with Gasteiger partial charge < -0.3 is 9.84 Å². The second-order valence-electron chi connectivity index (χ2n) is 5.19. The van der Waals surface area contributed by atoms with Crippen LogP contribution in [0.15, 0.2) is 24.3 Å². The minimum absolute atomic E-state index is 0.142. The number of aliphatic carboxylic acids is 1. The van der Waals surface area contributed by atoms with E-state index in [1.807, 2.05) is 12.1 Å². The molecule has 0 atom stereocenters. The maximum absolute atomic E-state index is 11.0. The van der Waals surface area contributed by atoms with Gasteiger partial charge in [0, 0.05) is 0 Å². The molecule has 0 saturated heterocycles. The van der Waals surface area contributed by atoms with Gasteiger partial charge in [0.15, 0.2) is 5.60 Å². The first kappa shape index (κ1) is 17.5. The van der Waals surface area contributed by atoms with Gasteiger partial charge in [0.25, 0.3) is 10.1 Å². The molecule has 0 bridgehead atoms. The highest BCUT2D eigenvalue weighted by Crippen LogP contribution is 2.19. The van der Waals surface area contributed by atoms with Gasteiger partial charge in [-0.25, -0.2) is 4.79 Å². The van der Waals surface area contributed by atoms with Gasteiger partial charge in [-0.1, -0.05) is 12.1 Å². The number of rotatable bonds is 8. The highest BCUT2D eigenvalue weighted by Gasteiger charge is 2.29. The number of carboxylic acid groups (broad SMARTS) is 1. The summed E-state index contributed by atoms with van der Waals surface area (Å²) in [5.41, 5.74) is -0.294. The summed E-state index contributed by atoms with van der Waals surface area (Å²) in [4.78, 5) is 11.0. The van der Waals surface area contributed by atoms with Crippen molar-refractivity contribution in [2.24, 2.45) is 0 Å². The Hall–Kier alpha value is -1.60. The third kappa shape index (κ3) is 6.59. The lowest BCUT2D eigenvalue weighted by Crippen LogP contribution is -2.37. The number of aryl methyl sites for hydroxylation is 1. The summed E-state index contributed by atoms with van der Waals surface area (Å²) in [5, 5.41) is 8.98. The van der Waals surface area contributed by atoms with Crippen LogP contribution in [0, 0.1) is 0 Å². The first-order valence-electron chi connectivity index (χ1n) is 6.46. The van der Waals surface area contributed by atoms with E-state index in [0.717, 1.165) is 11.8 Å². The van der Waals surface area contributed by atoms with E-state index in [-0.39, 0.29) is 6.61 Å². The smallest absolute Gasteiger partial charge is 0.347 e. The Morgan fingerprint density at radius 3 is 2.29 bits per heavy atom.